The molecule has 10 heteroatoms. The van der Waals surface area contributed by atoms with Gasteiger partial charge in [0, 0.05) is 0 Å². The fourth-order valence-electron chi connectivity index (χ4n) is 2.51. The zero-order chi connectivity index (χ0) is 21.8. The van der Waals surface area contributed by atoms with Crippen molar-refractivity contribution in [2.24, 2.45) is 0 Å². The monoisotopic (exact) mass is 446 g/mol. The van der Waals surface area contributed by atoms with Crippen LogP contribution in [-0.4, -0.2) is 23.0 Å². The number of halogens is 3. The summed E-state index contributed by atoms with van der Waals surface area (Å²) < 4.78 is 24.9. The predicted octanol–water partition coefficient (Wildman–Crippen LogP) is 4.41. The van der Waals surface area contributed by atoms with E-state index in [-0.39, 0.29) is 45.3 Å². The minimum absolute atomic E-state index is 0.0581. The highest BCUT2D eigenvalue weighted by Crippen LogP contribution is 2.35. The predicted molar refractivity (Wildman–Crippen MR) is 109 cm³/mol. The second kappa shape index (κ2) is 8.95. The van der Waals surface area contributed by atoms with Gasteiger partial charge in [0.05, 0.1) is 29.3 Å². The first kappa shape index (κ1) is 21.3. The van der Waals surface area contributed by atoms with Crippen LogP contribution >= 0.6 is 23.2 Å². The van der Waals surface area contributed by atoms with E-state index in [1.807, 2.05) is 6.07 Å². The second-order valence-electron chi connectivity index (χ2n) is 5.92. The lowest BCUT2D eigenvalue weighted by Crippen LogP contribution is -2.12. The lowest BCUT2D eigenvalue weighted by atomic mass is 10.1. The fourth-order valence-corrected chi connectivity index (χ4v) is 2.89. The van der Waals surface area contributed by atoms with Crippen LogP contribution in [0.5, 0.6) is 5.75 Å². The minimum Gasteiger partial charge on any atom is -0.492 e. The van der Waals surface area contributed by atoms with Crippen LogP contribution in [0, 0.1) is 17.1 Å². The molecule has 2 N–H and O–H groups in total. The Bertz CT molecular complexity index is 1160. The summed E-state index contributed by atoms with van der Waals surface area (Å²) in [6.45, 7) is -0.0940. The van der Waals surface area contributed by atoms with E-state index in [0.717, 1.165) is 0 Å². The molecule has 0 unspecified atom stereocenters. The van der Waals surface area contributed by atoms with Gasteiger partial charge in [0.15, 0.2) is 23.1 Å². The Morgan fingerprint density at radius 2 is 1.90 bits per heavy atom. The molecule has 1 heterocycles. The van der Waals surface area contributed by atoms with Gasteiger partial charge < -0.3 is 15.2 Å². The van der Waals surface area contributed by atoms with Crippen molar-refractivity contribution in [3.63, 3.8) is 0 Å². The molecule has 152 valence electrons. The van der Waals surface area contributed by atoms with Crippen molar-refractivity contribution in [3.05, 3.63) is 69.1 Å². The molecule has 7 nitrogen and oxygen atoms in total. The summed E-state index contributed by atoms with van der Waals surface area (Å²) in [6, 6.07) is 11.2. The van der Waals surface area contributed by atoms with E-state index >= 15 is 0 Å². The van der Waals surface area contributed by atoms with Gasteiger partial charge in [0.25, 0.3) is 0 Å². The lowest BCUT2D eigenvalue weighted by Gasteiger charge is -2.11. The largest absolute Gasteiger partial charge is 0.492 e. The van der Waals surface area contributed by atoms with Crippen molar-refractivity contribution in [1.29, 1.82) is 5.26 Å². The number of esters is 1. The molecule has 30 heavy (non-hydrogen) atoms. The number of rotatable bonds is 5. The molecule has 0 amide bonds. The molecule has 0 saturated carbocycles. The Morgan fingerprint density at radius 3 is 2.53 bits per heavy atom. The van der Waals surface area contributed by atoms with Gasteiger partial charge in [-0.05, 0) is 29.8 Å². The zero-order valence-electron chi connectivity index (χ0n) is 15.4. The summed E-state index contributed by atoms with van der Waals surface area (Å²) in [4.78, 5) is 20.5. The molecule has 0 aliphatic heterocycles. The number of nitrogen functional groups attached to an aromatic ring is 1. The first-order chi connectivity index (χ1) is 14.3. The third kappa shape index (κ3) is 4.27. The number of benzene rings is 2. The average Bonchev–Trinajstić information content (AvgIpc) is 2.74. The van der Waals surface area contributed by atoms with Crippen LogP contribution < -0.4 is 10.5 Å². The van der Waals surface area contributed by atoms with Crippen LogP contribution in [0.2, 0.25) is 10.0 Å². The number of aromatic nitrogens is 2. The topological polar surface area (TPSA) is 111 Å². The SMILES string of the molecule is COc1c(Cl)ccc(-c2nc(N)c(Cl)c(C(=O)OCc3ccc(C#N)cc3)n2)c1F. The smallest absolute Gasteiger partial charge is 0.359 e. The van der Waals surface area contributed by atoms with Gasteiger partial charge in [-0.25, -0.2) is 19.2 Å². The molecular weight excluding hydrogens is 434 g/mol. The van der Waals surface area contributed by atoms with E-state index in [9.17, 15) is 9.18 Å². The van der Waals surface area contributed by atoms with Crippen molar-refractivity contribution in [1.82, 2.24) is 9.97 Å². The first-order valence-electron chi connectivity index (χ1n) is 8.37. The fraction of sp³-hybridized carbons (Fsp3) is 0.100. The van der Waals surface area contributed by atoms with Gasteiger partial charge in [-0.1, -0.05) is 35.3 Å². The van der Waals surface area contributed by atoms with Crippen molar-refractivity contribution >= 4 is 35.0 Å². The number of nitriles is 1. The van der Waals surface area contributed by atoms with Crippen LogP contribution in [-0.2, 0) is 11.3 Å². The molecular formula is C20H13Cl2FN4O3. The molecule has 0 aliphatic rings. The standard InChI is InChI=1S/C20H13Cl2FN4O3/c1-29-17-13(21)7-6-12(15(17)23)19-26-16(14(22)18(25)27-19)20(28)30-9-11-4-2-10(8-24)3-5-11/h2-7H,9H2,1H3,(H2,25,26,27). The summed E-state index contributed by atoms with van der Waals surface area (Å²) >= 11 is 12.0. The molecule has 1 aromatic heterocycles. The Kier molecular flexibility index (Phi) is 6.35. The van der Waals surface area contributed by atoms with E-state index in [2.05, 4.69) is 9.97 Å². The number of anilines is 1. The number of nitrogens with zero attached hydrogens (tertiary/aromatic N) is 3. The Balaban J connectivity index is 1.91. The van der Waals surface area contributed by atoms with Crippen molar-refractivity contribution in [2.75, 3.05) is 12.8 Å². The van der Waals surface area contributed by atoms with E-state index in [1.54, 1.807) is 24.3 Å². The zero-order valence-corrected chi connectivity index (χ0v) is 17.0. The number of methoxy groups -OCH3 is 1. The Hall–Kier alpha value is -3.41. The molecule has 0 aliphatic carbocycles. The second-order valence-corrected chi connectivity index (χ2v) is 6.71. The number of ether oxygens (including phenoxy) is 2. The number of carbonyl (C=O) groups is 1. The number of nitrogens with two attached hydrogens (primary N) is 1. The molecule has 0 saturated heterocycles. The summed E-state index contributed by atoms with van der Waals surface area (Å²) in [7, 11) is 1.26. The van der Waals surface area contributed by atoms with Gasteiger partial charge in [0.2, 0.25) is 0 Å². The summed E-state index contributed by atoms with van der Waals surface area (Å²) in [6.07, 6.45) is 0. The molecule has 0 bridgehead atoms. The van der Waals surface area contributed by atoms with Crippen LogP contribution in [0.15, 0.2) is 36.4 Å². The number of hydrogen-bond donors (Lipinski definition) is 1. The summed E-state index contributed by atoms with van der Waals surface area (Å²) in [5.74, 6) is -2.30. The maximum absolute atomic E-state index is 14.7. The van der Waals surface area contributed by atoms with Crippen molar-refractivity contribution < 1.29 is 18.7 Å². The molecule has 3 rings (SSSR count). The molecule has 0 spiro atoms. The Labute approximate surface area is 180 Å². The lowest BCUT2D eigenvalue weighted by molar-refractivity contribution is 0.0466. The van der Waals surface area contributed by atoms with Crippen LogP contribution in [0.25, 0.3) is 11.4 Å². The van der Waals surface area contributed by atoms with Crippen LogP contribution in [0.3, 0.4) is 0 Å². The highest BCUT2D eigenvalue weighted by molar-refractivity contribution is 6.35. The Morgan fingerprint density at radius 1 is 1.20 bits per heavy atom. The van der Waals surface area contributed by atoms with Gasteiger partial charge >= 0.3 is 5.97 Å². The number of hydrogen-bond acceptors (Lipinski definition) is 7. The van der Waals surface area contributed by atoms with Crippen molar-refractivity contribution in [2.45, 2.75) is 6.61 Å². The number of carbonyl (C=O) groups excluding carboxylic acids is 1. The molecule has 0 fully saturated rings. The van der Waals surface area contributed by atoms with Gasteiger partial charge in [0.1, 0.15) is 17.4 Å². The normalized spacial score (nSPS) is 10.4. The van der Waals surface area contributed by atoms with Crippen molar-refractivity contribution in [3.8, 4) is 23.2 Å². The van der Waals surface area contributed by atoms with Gasteiger partial charge in [-0.15, -0.1) is 0 Å². The first-order valence-corrected chi connectivity index (χ1v) is 9.12. The van der Waals surface area contributed by atoms with E-state index in [4.69, 9.17) is 43.7 Å². The molecule has 3 aromatic rings. The quantitative estimate of drug-likeness (QED) is 0.577. The third-order valence-electron chi connectivity index (χ3n) is 4.02. The van der Waals surface area contributed by atoms with E-state index in [0.29, 0.717) is 11.1 Å². The summed E-state index contributed by atoms with van der Waals surface area (Å²) in [5, 5.41) is 8.66. The minimum atomic E-state index is -0.874. The molecule has 0 radical (unpaired) electrons. The average molecular weight is 447 g/mol. The van der Waals surface area contributed by atoms with Crippen LogP contribution in [0.1, 0.15) is 21.6 Å². The van der Waals surface area contributed by atoms with Crippen LogP contribution in [0.4, 0.5) is 10.2 Å². The van der Waals surface area contributed by atoms with E-state index < -0.39 is 11.8 Å². The highest BCUT2D eigenvalue weighted by atomic mass is 35.5. The third-order valence-corrected chi connectivity index (χ3v) is 4.69. The van der Waals surface area contributed by atoms with E-state index in [1.165, 1.54) is 19.2 Å². The summed E-state index contributed by atoms with van der Waals surface area (Å²) in [5.41, 5.74) is 6.51. The maximum Gasteiger partial charge on any atom is 0.359 e. The maximum atomic E-state index is 14.7. The highest BCUT2D eigenvalue weighted by Gasteiger charge is 2.23. The van der Waals surface area contributed by atoms with Gasteiger partial charge in [-0.2, -0.15) is 5.26 Å². The molecule has 2 aromatic carbocycles. The molecule has 0 atom stereocenters. The van der Waals surface area contributed by atoms with Gasteiger partial charge in [-0.3, -0.25) is 0 Å².